The molecule has 1 aromatic carbocycles. The van der Waals surface area contributed by atoms with Gasteiger partial charge < -0.3 is 4.90 Å². The Bertz CT molecular complexity index is 446. The summed E-state index contributed by atoms with van der Waals surface area (Å²) in [6.07, 6.45) is 2.56. The fourth-order valence-electron chi connectivity index (χ4n) is 3.33. The smallest absolute Gasteiger partial charge is 0.0595 e. The summed E-state index contributed by atoms with van der Waals surface area (Å²) in [7, 11) is 0. The van der Waals surface area contributed by atoms with Crippen molar-refractivity contribution < 1.29 is 0 Å². The van der Waals surface area contributed by atoms with Crippen LogP contribution in [0, 0.1) is 5.92 Å². The molecule has 0 N–H and O–H groups in total. The average Bonchev–Trinajstić information content (AvgIpc) is 2.87. The Balaban J connectivity index is 1.83. The van der Waals surface area contributed by atoms with E-state index < -0.39 is 0 Å². The first kappa shape index (κ1) is 11.8. The molecule has 2 atom stereocenters. The summed E-state index contributed by atoms with van der Waals surface area (Å²) in [5.41, 5.74) is 1.78. The zero-order valence-corrected chi connectivity index (χ0v) is 11.6. The van der Waals surface area contributed by atoms with E-state index in [-0.39, 0.29) is 0 Å². The van der Waals surface area contributed by atoms with E-state index in [0.717, 1.165) is 5.92 Å². The van der Waals surface area contributed by atoms with Crippen molar-refractivity contribution in [2.45, 2.75) is 25.2 Å². The SMILES string of the molecule is CCCN1CC2C[C@]2(c2ccc(Cl)c(Cl)c2)C1. The molecule has 2 aliphatic rings. The number of likely N-dealkylation sites (tertiary alicyclic amines) is 1. The predicted octanol–water partition coefficient (Wildman–Crippen LogP) is 3.98. The van der Waals surface area contributed by atoms with E-state index >= 15 is 0 Å². The zero-order valence-electron chi connectivity index (χ0n) is 10.0. The second kappa shape index (κ2) is 4.15. The number of hydrogen-bond donors (Lipinski definition) is 0. The number of rotatable bonds is 3. The van der Waals surface area contributed by atoms with Gasteiger partial charge in [0.1, 0.15) is 0 Å². The Hall–Kier alpha value is -0.240. The van der Waals surface area contributed by atoms with Crippen LogP contribution in [0.5, 0.6) is 0 Å². The summed E-state index contributed by atoms with van der Waals surface area (Å²) in [5, 5.41) is 1.35. The number of benzene rings is 1. The van der Waals surface area contributed by atoms with E-state index in [1.165, 1.54) is 38.0 Å². The van der Waals surface area contributed by atoms with Gasteiger partial charge in [0.25, 0.3) is 0 Å². The van der Waals surface area contributed by atoms with Gasteiger partial charge in [-0.25, -0.2) is 0 Å². The summed E-state index contributed by atoms with van der Waals surface area (Å²) < 4.78 is 0. The molecule has 1 heterocycles. The molecule has 0 aromatic heterocycles. The number of fused-ring (bicyclic) bond motifs is 1. The summed E-state index contributed by atoms with van der Waals surface area (Å²) in [6, 6.07) is 6.16. The van der Waals surface area contributed by atoms with Gasteiger partial charge in [-0.2, -0.15) is 0 Å². The fraction of sp³-hybridized carbons (Fsp3) is 0.571. The third-order valence-corrected chi connectivity index (χ3v) is 4.99. The highest BCUT2D eigenvalue weighted by molar-refractivity contribution is 6.42. The molecule has 3 rings (SSSR count). The maximum Gasteiger partial charge on any atom is 0.0595 e. The van der Waals surface area contributed by atoms with E-state index in [1.54, 1.807) is 0 Å². The molecule has 2 fully saturated rings. The van der Waals surface area contributed by atoms with Crippen LogP contribution in [0.2, 0.25) is 10.0 Å². The van der Waals surface area contributed by atoms with Gasteiger partial charge in [0.05, 0.1) is 10.0 Å². The molecule has 1 unspecified atom stereocenters. The first-order valence-corrected chi connectivity index (χ1v) is 7.09. The van der Waals surface area contributed by atoms with Crippen LogP contribution >= 0.6 is 23.2 Å². The van der Waals surface area contributed by atoms with Crippen LogP contribution in [0.4, 0.5) is 0 Å². The first-order valence-electron chi connectivity index (χ1n) is 6.33. The average molecular weight is 270 g/mol. The van der Waals surface area contributed by atoms with Crippen molar-refractivity contribution in [3.8, 4) is 0 Å². The monoisotopic (exact) mass is 269 g/mol. The van der Waals surface area contributed by atoms with E-state index in [4.69, 9.17) is 23.2 Å². The van der Waals surface area contributed by atoms with Crippen LogP contribution in [0.25, 0.3) is 0 Å². The van der Waals surface area contributed by atoms with E-state index in [0.29, 0.717) is 15.5 Å². The molecule has 92 valence electrons. The molecule has 1 saturated carbocycles. The lowest BCUT2D eigenvalue weighted by atomic mass is 9.95. The highest BCUT2D eigenvalue weighted by atomic mass is 35.5. The largest absolute Gasteiger partial charge is 0.302 e. The summed E-state index contributed by atoms with van der Waals surface area (Å²) in [6.45, 7) is 5.92. The second-order valence-electron chi connectivity index (χ2n) is 5.42. The topological polar surface area (TPSA) is 3.24 Å². The van der Waals surface area contributed by atoms with Gasteiger partial charge >= 0.3 is 0 Å². The Morgan fingerprint density at radius 2 is 2.18 bits per heavy atom. The molecular weight excluding hydrogens is 253 g/mol. The Morgan fingerprint density at radius 3 is 2.88 bits per heavy atom. The van der Waals surface area contributed by atoms with Crippen LogP contribution in [-0.2, 0) is 5.41 Å². The lowest BCUT2D eigenvalue weighted by Crippen LogP contribution is -2.27. The molecule has 3 heteroatoms. The van der Waals surface area contributed by atoms with Gasteiger partial charge in [-0.3, -0.25) is 0 Å². The van der Waals surface area contributed by atoms with Crippen molar-refractivity contribution in [2.24, 2.45) is 5.92 Å². The number of halogens is 2. The van der Waals surface area contributed by atoms with Crippen molar-refractivity contribution in [2.75, 3.05) is 19.6 Å². The van der Waals surface area contributed by atoms with Gasteiger partial charge in [-0.05, 0) is 43.0 Å². The van der Waals surface area contributed by atoms with Gasteiger partial charge in [0.15, 0.2) is 0 Å². The van der Waals surface area contributed by atoms with Gasteiger partial charge in [-0.15, -0.1) is 0 Å². The molecule has 17 heavy (non-hydrogen) atoms. The maximum atomic E-state index is 6.12. The fourth-order valence-corrected chi connectivity index (χ4v) is 3.62. The third-order valence-electron chi connectivity index (χ3n) is 4.25. The number of hydrogen-bond acceptors (Lipinski definition) is 1. The lowest BCUT2D eigenvalue weighted by Gasteiger charge is -2.20. The van der Waals surface area contributed by atoms with Crippen LogP contribution < -0.4 is 0 Å². The van der Waals surface area contributed by atoms with Crippen LogP contribution in [0.3, 0.4) is 0 Å². The molecule has 1 aliphatic carbocycles. The van der Waals surface area contributed by atoms with Gasteiger partial charge in [0.2, 0.25) is 0 Å². The molecule has 1 aromatic rings. The molecular formula is C14H17Cl2N. The molecule has 1 nitrogen and oxygen atoms in total. The standard InChI is InChI=1S/C14H17Cl2N/c1-2-5-17-8-11-7-14(11,9-17)10-3-4-12(15)13(16)6-10/h3-4,6,11H,2,5,7-9H2,1H3/t11?,14-/m1/s1. The predicted molar refractivity (Wildman–Crippen MR) is 73.0 cm³/mol. The van der Waals surface area contributed by atoms with Crippen LogP contribution in [0.1, 0.15) is 25.3 Å². The molecule has 0 radical (unpaired) electrons. The third kappa shape index (κ3) is 1.89. The molecule has 1 aliphatic heterocycles. The maximum absolute atomic E-state index is 6.12. The Kier molecular flexibility index (Phi) is 2.89. The summed E-state index contributed by atoms with van der Waals surface area (Å²) in [5.74, 6) is 0.839. The lowest BCUT2D eigenvalue weighted by molar-refractivity contribution is 0.299. The Morgan fingerprint density at radius 1 is 1.35 bits per heavy atom. The summed E-state index contributed by atoms with van der Waals surface area (Å²) in [4.78, 5) is 2.58. The van der Waals surface area contributed by atoms with E-state index in [1.807, 2.05) is 6.07 Å². The normalized spacial score (nSPS) is 31.6. The van der Waals surface area contributed by atoms with Gasteiger partial charge in [-0.1, -0.05) is 36.2 Å². The van der Waals surface area contributed by atoms with Crippen molar-refractivity contribution >= 4 is 23.2 Å². The van der Waals surface area contributed by atoms with Crippen molar-refractivity contribution in [3.05, 3.63) is 33.8 Å². The molecule has 0 spiro atoms. The molecule has 0 bridgehead atoms. The van der Waals surface area contributed by atoms with Gasteiger partial charge in [0, 0.05) is 18.5 Å². The van der Waals surface area contributed by atoms with Crippen LogP contribution in [0.15, 0.2) is 18.2 Å². The van der Waals surface area contributed by atoms with Crippen molar-refractivity contribution in [1.29, 1.82) is 0 Å². The second-order valence-corrected chi connectivity index (χ2v) is 6.24. The quantitative estimate of drug-likeness (QED) is 0.803. The minimum Gasteiger partial charge on any atom is -0.302 e. The highest BCUT2D eigenvalue weighted by Crippen LogP contribution is 2.59. The van der Waals surface area contributed by atoms with Crippen molar-refractivity contribution in [3.63, 3.8) is 0 Å². The first-order chi connectivity index (χ1) is 8.15. The van der Waals surface area contributed by atoms with E-state index in [9.17, 15) is 0 Å². The minimum absolute atomic E-state index is 0.392. The van der Waals surface area contributed by atoms with Crippen molar-refractivity contribution in [1.82, 2.24) is 4.90 Å². The highest BCUT2D eigenvalue weighted by Gasteiger charge is 2.60. The number of piperidine rings is 1. The molecule has 1 saturated heterocycles. The van der Waals surface area contributed by atoms with E-state index in [2.05, 4.69) is 24.0 Å². The number of nitrogens with zero attached hydrogens (tertiary/aromatic N) is 1. The zero-order chi connectivity index (χ0) is 12.0. The Labute approximate surface area is 113 Å². The molecule has 0 amide bonds. The van der Waals surface area contributed by atoms with Crippen LogP contribution in [-0.4, -0.2) is 24.5 Å². The summed E-state index contributed by atoms with van der Waals surface area (Å²) >= 11 is 12.1. The minimum atomic E-state index is 0.392.